The molecular weight excluding hydrogens is 196 g/mol. The number of allylic oxidation sites excluding steroid dienone is 1. The van der Waals surface area contributed by atoms with E-state index in [1.54, 1.807) is 19.2 Å². The van der Waals surface area contributed by atoms with Gasteiger partial charge in [0.25, 0.3) is 0 Å². The summed E-state index contributed by atoms with van der Waals surface area (Å²) in [5.41, 5.74) is 0.710. The van der Waals surface area contributed by atoms with Crippen molar-refractivity contribution < 1.29 is 15.0 Å². The number of aliphatic hydroxyl groups is 1. The number of hydrogen-bond acceptors (Lipinski definition) is 3. The maximum atomic E-state index is 10.6. The minimum absolute atomic E-state index is 0.190. The summed E-state index contributed by atoms with van der Waals surface area (Å²) in [7, 11) is 0. The van der Waals surface area contributed by atoms with Crippen LogP contribution < -0.4 is 0 Å². The highest BCUT2D eigenvalue weighted by atomic mass is 16.4. The molecule has 0 aromatic carbocycles. The van der Waals surface area contributed by atoms with Crippen molar-refractivity contribution in [1.29, 1.82) is 0 Å². The predicted octanol–water partition coefficient (Wildman–Crippen LogP) is 0.749. The third-order valence-corrected chi connectivity index (χ3v) is 1.89. The first kappa shape index (κ1) is 11.5. The monoisotopic (exact) mass is 210 g/mol. The number of carbonyl (C=O) groups is 1. The van der Waals surface area contributed by atoms with Crippen LogP contribution in [0.1, 0.15) is 24.5 Å². The Balaban J connectivity index is 2.99. The number of carboxylic acid groups (broad SMARTS) is 1. The molecule has 1 unspecified atom stereocenters. The van der Waals surface area contributed by atoms with Crippen LogP contribution in [0.2, 0.25) is 0 Å². The molecule has 5 nitrogen and oxygen atoms in total. The molecular formula is C10H14N2O3. The Hall–Kier alpha value is -1.62. The van der Waals surface area contributed by atoms with E-state index in [1.165, 1.54) is 4.57 Å². The van der Waals surface area contributed by atoms with Crippen LogP contribution in [0.4, 0.5) is 0 Å². The zero-order chi connectivity index (χ0) is 11.4. The first-order valence-electron chi connectivity index (χ1n) is 4.61. The average Bonchev–Trinajstić information content (AvgIpc) is 2.47. The minimum Gasteiger partial charge on any atom is -0.480 e. The Morgan fingerprint density at radius 2 is 2.47 bits per heavy atom. The SMILES string of the molecule is C=CCc1cn(CC(=O)O)c(C(C)O)n1. The van der Waals surface area contributed by atoms with Crippen molar-refractivity contribution in [2.24, 2.45) is 0 Å². The van der Waals surface area contributed by atoms with Crippen LogP contribution in [0.5, 0.6) is 0 Å². The van der Waals surface area contributed by atoms with Crippen molar-refractivity contribution in [3.8, 4) is 0 Å². The largest absolute Gasteiger partial charge is 0.480 e. The van der Waals surface area contributed by atoms with E-state index in [0.29, 0.717) is 17.9 Å². The molecule has 0 saturated carbocycles. The number of hydrogen-bond donors (Lipinski definition) is 2. The molecule has 0 spiro atoms. The lowest BCUT2D eigenvalue weighted by Crippen LogP contribution is -2.12. The lowest BCUT2D eigenvalue weighted by Gasteiger charge is -2.05. The van der Waals surface area contributed by atoms with E-state index in [2.05, 4.69) is 11.6 Å². The molecule has 0 aliphatic rings. The smallest absolute Gasteiger partial charge is 0.323 e. The summed E-state index contributed by atoms with van der Waals surface area (Å²) in [6, 6.07) is 0. The van der Waals surface area contributed by atoms with Gasteiger partial charge in [-0.15, -0.1) is 6.58 Å². The Bertz CT molecular complexity index is 369. The molecule has 2 N–H and O–H groups in total. The van der Waals surface area contributed by atoms with Crippen LogP contribution in [0.25, 0.3) is 0 Å². The van der Waals surface area contributed by atoms with Gasteiger partial charge in [-0.25, -0.2) is 4.98 Å². The number of aliphatic hydroxyl groups excluding tert-OH is 1. The van der Waals surface area contributed by atoms with Crippen LogP contribution in [0.3, 0.4) is 0 Å². The van der Waals surface area contributed by atoms with E-state index < -0.39 is 12.1 Å². The molecule has 1 heterocycles. The van der Waals surface area contributed by atoms with Gasteiger partial charge in [0.2, 0.25) is 0 Å². The lowest BCUT2D eigenvalue weighted by molar-refractivity contribution is -0.137. The van der Waals surface area contributed by atoms with Crippen molar-refractivity contribution in [2.45, 2.75) is 26.0 Å². The molecule has 15 heavy (non-hydrogen) atoms. The molecule has 0 saturated heterocycles. The molecule has 1 atom stereocenters. The van der Waals surface area contributed by atoms with Gasteiger partial charge in [0.05, 0.1) is 5.69 Å². The first-order valence-corrected chi connectivity index (χ1v) is 4.61. The molecule has 0 bridgehead atoms. The van der Waals surface area contributed by atoms with Gasteiger partial charge in [-0.3, -0.25) is 4.79 Å². The van der Waals surface area contributed by atoms with E-state index in [4.69, 9.17) is 5.11 Å². The Morgan fingerprint density at radius 3 is 2.93 bits per heavy atom. The molecule has 1 aromatic rings. The highest BCUT2D eigenvalue weighted by Crippen LogP contribution is 2.12. The van der Waals surface area contributed by atoms with Crippen molar-refractivity contribution in [1.82, 2.24) is 9.55 Å². The van der Waals surface area contributed by atoms with Gasteiger partial charge in [0, 0.05) is 12.6 Å². The van der Waals surface area contributed by atoms with Gasteiger partial charge in [0.1, 0.15) is 18.5 Å². The fourth-order valence-corrected chi connectivity index (χ4v) is 1.34. The van der Waals surface area contributed by atoms with E-state index in [0.717, 1.165) is 0 Å². The highest BCUT2D eigenvalue weighted by molar-refractivity contribution is 5.66. The molecule has 0 amide bonds. The number of rotatable bonds is 5. The van der Waals surface area contributed by atoms with E-state index in [1.807, 2.05) is 0 Å². The fourth-order valence-electron chi connectivity index (χ4n) is 1.34. The van der Waals surface area contributed by atoms with Crippen LogP contribution in [-0.4, -0.2) is 25.7 Å². The summed E-state index contributed by atoms with van der Waals surface area (Å²) in [4.78, 5) is 14.7. The summed E-state index contributed by atoms with van der Waals surface area (Å²) in [6.45, 7) is 4.94. The number of nitrogens with zero attached hydrogens (tertiary/aromatic N) is 2. The summed E-state index contributed by atoms with van der Waals surface area (Å²) in [5.74, 6) is -0.589. The molecule has 0 fully saturated rings. The van der Waals surface area contributed by atoms with Crippen molar-refractivity contribution in [3.05, 3.63) is 30.4 Å². The third kappa shape index (κ3) is 2.92. The maximum absolute atomic E-state index is 10.6. The van der Waals surface area contributed by atoms with Gasteiger partial charge >= 0.3 is 5.97 Å². The van der Waals surface area contributed by atoms with Gasteiger partial charge in [-0.1, -0.05) is 6.08 Å². The molecule has 5 heteroatoms. The maximum Gasteiger partial charge on any atom is 0.323 e. The standard InChI is InChI=1S/C10H14N2O3/c1-3-4-8-5-12(6-9(14)15)10(11-8)7(2)13/h3,5,7,13H,1,4,6H2,2H3,(H,14,15). The van der Waals surface area contributed by atoms with Crippen molar-refractivity contribution in [3.63, 3.8) is 0 Å². The summed E-state index contributed by atoms with van der Waals surface area (Å²) >= 11 is 0. The second-order valence-corrected chi connectivity index (χ2v) is 3.28. The number of aliphatic carboxylic acids is 1. The van der Waals surface area contributed by atoms with Gasteiger partial charge in [0.15, 0.2) is 0 Å². The fraction of sp³-hybridized carbons (Fsp3) is 0.400. The molecule has 0 aliphatic heterocycles. The van der Waals surface area contributed by atoms with Crippen LogP contribution in [0.15, 0.2) is 18.9 Å². The summed E-state index contributed by atoms with van der Waals surface area (Å²) in [5, 5.41) is 18.1. The molecule has 0 radical (unpaired) electrons. The van der Waals surface area contributed by atoms with Crippen molar-refractivity contribution in [2.75, 3.05) is 0 Å². The number of imidazole rings is 1. The van der Waals surface area contributed by atoms with E-state index in [9.17, 15) is 9.90 Å². The van der Waals surface area contributed by atoms with E-state index in [-0.39, 0.29) is 6.54 Å². The van der Waals surface area contributed by atoms with Gasteiger partial charge in [-0.2, -0.15) is 0 Å². The average molecular weight is 210 g/mol. The highest BCUT2D eigenvalue weighted by Gasteiger charge is 2.13. The van der Waals surface area contributed by atoms with Crippen LogP contribution in [-0.2, 0) is 17.8 Å². The first-order chi connectivity index (χ1) is 7.04. The Labute approximate surface area is 87.7 Å². The second-order valence-electron chi connectivity index (χ2n) is 3.28. The molecule has 1 aromatic heterocycles. The summed E-state index contributed by atoms with van der Waals surface area (Å²) < 4.78 is 1.44. The van der Waals surface area contributed by atoms with Gasteiger partial charge in [-0.05, 0) is 6.92 Å². The molecule has 0 aliphatic carbocycles. The van der Waals surface area contributed by atoms with Crippen LogP contribution >= 0.6 is 0 Å². The number of carboxylic acids is 1. The van der Waals surface area contributed by atoms with Crippen molar-refractivity contribution >= 4 is 5.97 Å². The van der Waals surface area contributed by atoms with E-state index >= 15 is 0 Å². The number of aromatic nitrogens is 2. The zero-order valence-electron chi connectivity index (χ0n) is 8.55. The topological polar surface area (TPSA) is 75.4 Å². The Kier molecular flexibility index (Phi) is 3.62. The molecule has 1 rings (SSSR count). The van der Waals surface area contributed by atoms with Gasteiger partial charge < -0.3 is 14.8 Å². The lowest BCUT2D eigenvalue weighted by atomic mass is 10.3. The zero-order valence-corrected chi connectivity index (χ0v) is 8.55. The van der Waals surface area contributed by atoms with Crippen LogP contribution in [0, 0.1) is 0 Å². The Morgan fingerprint density at radius 1 is 1.80 bits per heavy atom. The predicted molar refractivity (Wildman–Crippen MR) is 54.4 cm³/mol. The third-order valence-electron chi connectivity index (χ3n) is 1.89. The summed E-state index contributed by atoms with van der Waals surface area (Å²) in [6.07, 6.45) is 3.09. The molecule has 82 valence electrons. The minimum atomic E-state index is -0.959. The quantitative estimate of drug-likeness (QED) is 0.703. The second kappa shape index (κ2) is 4.75. The normalized spacial score (nSPS) is 12.4.